The molecule has 1 aromatic heterocycles. The van der Waals surface area contributed by atoms with E-state index in [9.17, 15) is 22.8 Å². The van der Waals surface area contributed by atoms with Gasteiger partial charge in [-0.2, -0.15) is 13.2 Å². The summed E-state index contributed by atoms with van der Waals surface area (Å²) < 4.78 is 42.3. The van der Waals surface area contributed by atoms with Crippen molar-refractivity contribution in [2.75, 3.05) is 11.4 Å². The van der Waals surface area contributed by atoms with Gasteiger partial charge in [0.25, 0.3) is 5.91 Å². The van der Waals surface area contributed by atoms with Gasteiger partial charge in [0.2, 0.25) is 0 Å². The molecule has 1 N–H and O–H groups in total. The van der Waals surface area contributed by atoms with E-state index >= 15 is 0 Å². The highest BCUT2D eigenvalue weighted by atomic mass is 19.4. The Hall–Kier alpha value is -3.55. The molecule has 5 nitrogen and oxygen atoms in total. The normalized spacial score (nSPS) is 11.5. The van der Waals surface area contributed by atoms with Crippen molar-refractivity contribution >= 4 is 17.6 Å². The van der Waals surface area contributed by atoms with Gasteiger partial charge < -0.3 is 14.6 Å². The molecule has 0 fully saturated rings. The lowest BCUT2D eigenvalue weighted by Gasteiger charge is -2.23. The van der Waals surface area contributed by atoms with Gasteiger partial charge in [0.15, 0.2) is 0 Å². The highest BCUT2D eigenvalue weighted by Gasteiger charge is 2.34. The van der Waals surface area contributed by atoms with Crippen LogP contribution in [0.3, 0.4) is 0 Å². The van der Waals surface area contributed by atoms with Crippen molar-refractivity contribution in [1.29, 1.82) is 0 Å². The molecule has 0 saturated heterocycles. The zero-order chi connectivity index (χ0) is 24.3. The summed E-state index contributed by atoms with van der Waals surface area (Å²) in [5.41, 5.74) is 1.01. The van der Waals surface area contributed by atoms with Gasteiger partial charge in [-0.3, -0.25) is 4.79 Å². The van der Waals surface area contributed by atoms with Gasteiger partial charge in [0.05, 0.1) is 22.4 Å². The van der Waals surface area contributed by atoms with Gasteiger partial charge in [-0.05, 0) is 62.7 Å². The van der Waals surface area contributed by atoms with E-state index in [2.05, 4.69) is 0 Å². The lowest BCUT2D eigenvalue weighted by atomic mass is 10.1. The SMILES string of the molecule is CCCCN(C(=O)c1cc(C)n(-c2ccccc2C(F)(F)F)c1C)c1ccc(C(=O)O)cc1. The molecule has 0 aliphatic rings. The molecule has 0 spiro atoms. The van der Waals surface area contributed by atoms with Crippen LogP contribution in [-0.4, -0.2) is 28.1 Å². The maximum absolute atomic E-state index is 13.6. The van der Waals surface area contributed by atoms with Gasteiger partial charge >= 0.3 is 12.1 Å². The lowest BCUT2D eigenvalue weighted by molar-refractivity contribution is -0.137. The van der Waals surface area contributed by atoms with E-state index in [-0.39, 0.29) is 17.2 Å². The molecule has 0 saturated carbocycles. The van der Waals surface area contributed by atoms with E-state index in [0.717, 1.165) is 12.5 Å². The molecule has 0 aliphatic carbocycles. The number of carbonyl (C=O) groups is 2. The third kappa shape index (κ3) is 4.94. The van der Waals surface area contributed by atoms with Crippen LogP contribution in [0, 0.1) is 13.8 Å². The molecule has 1 amide bonds. The number of halogens is 3. The second-order valence-electron chi connectivity index (χ2n) is 7.80. The Morgan fingerprint density at radius 2 is 1.67 bits per heavy atom. The predicted octanol–water partition coefficient (Wildman–Crippen LogP) is 6.26. The number of hydrogen-bond donors (Lipinski definition) is 1. The van der Waals surface area contributed by atoms with Crippen LogP contribution < -0.4 is 4.90 Å². The second kappa shape index (κ2) is 9.52. The van der Waals surface area contributed by atoms with Crippen molar-refractivity contribution in [3.05, 3.63) is 82.7 Å². The first kappa shape index (κ1) is 24.1. The standard InChI is InChI=1S/C25H25F3N2O3/c1-4-5-14-29(19-12-10-18(11-13-19)24(32)33)23(31)20-15-16(2)30(17(20)3)22-9-7-6-8-21(22)25(26,27)28/h6-13,15H,4-5,14H2,1-3H3,(H,32,33). The molecular weight excluding hydrogens is 433 g/mol. The van der Waals surface area contributed by atoms with Crippen LogP contribution in [0.5, 0.6) is 0 Å². The number of unbranched alkanes of at least 4 members (excludes halogenated alkanes) is 1. The van der Waals surface area contributed by atoms with E-state index < -0.39 is 17.7 Å². The molecule has 8 heteroatoms. The predicted molar refractivity (Wildman–Crippen MR) is 120 cm³/mol. The van der Waals surface area contributed by atoms with Crippen molar-refractivity contribution in [3.63, 3.8) is 0 Å². The molecule has 0 radical (unpaired) electrons. The molecule has 33 heavy (non-hydrogen) atoms. The second-order valence-corrected chi connectivity index (χ2v) is 7.80. The average molecular weight is 458 g/mol. The van der Waals surface area contributed by atoms with Crippen LogP contribution in [-0.2, 0) is 6.18 Å². The van der Waals surface area contributed by atoms with Crippen molar-refractivity contribution < 1.29 is 27.9 Å². The van der Waals surface area contributed by atoms with Crippen LogP contribution in [0.4, 0.5) is 18.9 Å². The van der Waals surface area contributed by atoms with Gasteiger partial charge in [-0.1, -0.05) is 25.5 Å². The van der Waals surface area contributed by atoms with Gasteiger partial charge in [0, 0.05) is 23.6 Å². The number of aromatic carboxylic acids is 1. The number of carboxylic acids is 1. The molecule has 0 unspecified atom stereocenters. The summed E-state index contributed by atoms with van der Waals surface area (Å²) in [6, 6.07) is 12.8. The number of carboxylic acid groups (broad SMARTS) is 1. The third-order valence-corrected chi connectivity index (χ3v) is 5.52. The lowest BCUT2D eigenvalue weighted by Crippen LogP contribution is -2.32. The topological polar surface area (TPSA) is 62.5 Å². The maximum Gasteiger partial charge on any atom is 0.418 e. The summed E-state index contributed by atoms with van der Waals surface area (Å²) in [5, 5.41) is 9.14. The van der Waals surface area contributed by atoms with Crippen molar-refractivity contribution in [1.82, 2.24) is 4.57 Å². The van der Waals surface area contributed by atoms with Crippen LogP contribution >= 0.6 is 0 Å². The minimum Gasteiger partial charge on any atom is -0.478 e. The van der Waals surface area contributed by atoms with Crippen LogP contribution in [0.1, 0.15) is 57.4 Å². The molecule has 1 heterocycles. The first-order chi connectivity index (χ1) is 15.6. The Kier molecular flexibility index (Phi) is 6.95. The number of carbonyl (C=O) groups excluding carboxylic acids is 1. The van der Waals surface area contributed by atoms with Gasteiger partial charge in [-0.15, -0.1) is 0 Å². The molecule has 2 aromatic carbocycles. The van der Waals surface area contributed by atoms with E-state index in [1.165, 1.54) is 39.8 Å². The number of amides is 1. The fourth-order valence-electron chi connectivity index (χ4n) is 3.85. The number of aryl methyl sites for hydroxylation is 1. The van der Waals surface area contributed by atoms with E-state index in [1.54, 1.807) is 32.0 Å². The van der Waals surface area contributed by atoms with E-state index in [0.29, 0.717) is 35.6 Å². The first-order valence-corrected chi connectivity index (χ1v) is 10.6. The summed E-state index contributed by atoms with van der Waals surface area (Å²) in [7, 11) is 0. The third-order valence-electron chi connectivity index (χ3n) is 5.52. The fraction of sp³-hybridized carbons (Fsp3) is 0.280. The number of nitrogens with zero attached hydrogens (tertiary/aromatic N) is 2. The Morgan fingerprint density at radius 1 is 1.03 bits per heavy atom. The zero-order valence-corrected chi connectivity index (χ0v) is 18.6. The smallest absolute Gasteiger partial charge is 0.418 e. The van der Waals surface area contributed by atoms with Crippen LogP contribution in [0.2, 0.25) is 0 Å². The monoisotopic (exact) mass is 458 g/mol. The Labute approximate surface area is 190 Å². The molecule has 3 rings (SSSR count). The highest BCUT2D eigenvalue weighted by Crippen LogP contribution is 2.35. The van der Waals surface area contributed by atoms with Gasteiger partial charge in [-0.25, -0.2) is 4.79 Å². The summed E-state index contributed by atoms with van der Waals surface area (Å²) in [6.45, 7) is 5.66. The summed E-state index contributed by atoms with van der Waals surface area (Å²) in [6.07, 6.45) is -3.00. The number of hydrogen-bond acceptors (Lipinski definition) is 2. The number of para-hydroxylation sites is 1. The summed E-state index contributed by atoms with van der Waals surface area (Å²) in [4.78, 5) is 26.2. The number of aromatic nitrogens is 1. The molecule has 3 aromatic rings. The number of anilines is 1. The quantitative estimate of drug-likeness (QED) is 0.455. The van der Waals surface area contributed by atoms with Crippen molar-refractivity contribution in [2.24, 2.45) is 0 Å². The number of alkyl halides is 3. The maximum atomic E-state index is 13.6. The zero-order valence-electron chi connectivity index (χ0n) is 18.6. The Morgan fingerprint density at radius 3 is 2.24 bits per heavy atom. The van der Waals surface area contributed by atoms with Crippen molar-refractivity contribution in [2.45, 2.75) is 39.8 Å². The molecule has 0 atom stereocenters. The Balaban J connectivity index is 2.07. The minimum absolute atomic E-state index is 0.0371. The molecule has 0 bridgehead atoms. The number of benzene rings is 2. The average Bonchev–Trinajstić information content (AvgIpc) is 3.07. The van der Waals surface area contributed by atoms with E-state index in [1.807, 2.05) is 6.92 Å². The van der Waals surface area contributed by atoms with Crippen LogP contribution in [0.25, 0.3) is 5.69 Å². The summed E-state index contributed by atoms with van der Waals surface area (Å²) in [5.74, 6) is -1.42. The minimum atomic E-state index is -4.54. The van der Waals surface area contributed by atoms with E-state index in [4.69, 9.17) is 5.11 Å². The van der Waals surface area contributed by atoms with Gasteiger partial charge in [0.1, 0.15) is 0 Å². The molecule has 174 valence electrons. The molecular formula is C25H25F3N2O3. The Bertz CT molecular complexity index is 1160. The van der Waals surface area contributed by atoms with Crippen LogP contribution in [0.15, 0.2) is 54.6 Å². The first-order valence-electron chi connectivity index (χ1n) is 10.6. The largest absolute Gasteiger partial charge is 0.478 e. The highest BCUT2D eigenvalue weighted by molar-refractivity contribution is 6.07. The van der Waals surface area contributed by atoms with Crippen molar-refractivity contribution in [3.8, 4) is 5.69 Å². The fourth-order valence-corrected chi connectivity index (χ4v) is 3.85. The molecule has 0 aliphatic heterocycles. The summed E-state index contributed by atoms with van der Waals surface area (Å²) >= 11 is 0. The number of rotatable bonds is 7.